The van der Waals surface area contributed by atoms with Crippen LogP contribution in [0, 0.1) is 0 Å². The van der Waals surface area contributed by atoms with Gasteiger partial charge in [-0.25, -0.2) is 9.69 Å². The van der Waals surface area contributed by atoms with Crippen molar-refractivity contribution in [3.8, 4) is 11.5 Å². The van der Waals surface area contributed by atoms with Crippen molar-refractivity contribution >= 4 is 17.9 Å². The van der Waals surface area contributed by atoms with Gasteiger partial charge in [-0.15, -0.1) is 0 Å². The molecule has 0 N–H and O–H groups in total. The second-order valence-electron chi connectivity index (χ2n) is 6.85. The maximum absolute atomic E-state index is 12.6. The Balaban J connectivity index is 1.70. The minimum atomic E-state index is -1.24. The average Bonchev–Trinajstić information content (AvgIpc) is 2.81. The number of likely N-dealkylation sites (N-methyl/N-ethyl adjacent to an activating group) is 1. The third-order valence-electron chi connectivity index (χ3n) is 4.64. The van der Waals surface area contributed by atoms with Gasteiger partial charge in [0.15, 0.2) is 17.1 Å². The molecule has 1 aromatic rings. The van der Waals surface area contributed by atoms with Crippen LogP contribution < -0.4 is 9.47 Å². The first-order chi connectivity index (χ1) is 12.2. The van der Waals surface area contributed by atoms with Gasteiger partial charge in [0.25, 0.3) is 5.91 Å². The van der Waals surface area contributed by atoms with E-state index in [2.05, 4.69) is 0 Å². The minimum Gasteiger partial charge on any atom is -0.486 e. The highest BCUT2D eigenvalue weighted by Crippen LogP contribution is 2.34. The third kappa shape index (κ3) is 3.18. The molecule has 8 heteroatoms. The highest BCUT2D eigenvalue weighted by atomic mass is 16.6. The van der Waals surface area contributed by atoms with Gasteiger partial charge < -0.3 is 19.1 Å². The Morgan fingerprint density at radius 3 is 2.50 bits per heavy atom. The molecule has 3 amide bonds. The Hall–Kier alpha value is -2.77. The highest BCUT2D eigenvalue weighted by molar-refractivity contribution is 6.04. The van der Waals surface area contributed by atoms with Crippen LogP contribution in [0.5, 0.6) is 11.5 Å². The highest BCUT2D eigenvalue weighted by Gasteiger charge is 2.48. The molecule has 1 saturated heterocycles. The Morgan fingerprint density at radius 1 is 1.23 bits per heavy atom. The normalized spacial score (nSPS) is 19.2. The molecule has 1 aromatic carbocycles. The van der Waals surface area contributed by atoms with Crippen molar-refractivity contribution < 1.29 is 28.6 Å². The van der Waals surface area contributed by atoms with Crippen LogP contribution in [-0.2, 0) is 14.3 Å². The Kier molecular flexibility index (Phi) is 4.52. The summed E-state index contributed by atoms with van der Waals surface area (Å²) in [5, 5.41) is 0. The monoisotopic (exact) mass is 362 g/mol. The molecule has 1 fully saturated rings. The Morgan fingerprint density at radius 2 is 1.88 bits per heavy atom. The smallest absolute Gasteiger partial charge is 0.418 e. The summed E-state index contributed by atoms with van der Waals surface area (Å²) >= 11 is 0. The summed E-state index contributed by atoms with van der Waals surface area (Å²) < 4.78 is 16.1. The van der Waals surface area contributed by atoms with Crippen LogP contribution in [0.4, 0.5) is 4.79 Å². The largest absolute Gasteiger partial charge is 0.486 e. The molecule has 26 heavy (non-hydrogen) atoms. The molecule has 0 saturated carbocycles. The molecule has 140 valence electrons. The zero-order chi connectivity index (χ0) is 19.1. The van der Waals surface area contributed by atoms with E-state index in [1.807, 2.05) is 25.1 Å². The van der Waals surface area contributed by atoms with Gasteiger partial charge in [0.2, 0.25) is 5.91 Å². The van der Waals surface area contributed by atoms with Gasteiger partial charge in [-0.05, 0) is 38.5 Å². The molecule has 0 radical (unpaired) electrons. The van der Waals surface area contributed by atoms with Crippen molar-refractivity contribution in [1.29, 1.82) is 0 Å². The molecule has 2 aliphatic rings. The lowest BCUT2D eigenvalue weighted by atomic mass is 10.1. The summed E-state index contributed by atoms with van der Waals surface area (Å²) in [5.74, 6) is 0.432. The number of fused-ring (bicyclic) bond motifs is 1. The van der Waals surface area contributed by atoms with Crippen LogP contribution in [0.2, 0.25) is 0 Å². The third-order valence-corrected chi connectivity index (χ3v) is 4.64. The summed E-state index contributed by atoms with van der Waals surface area (Å²) in [6.07, 6.45) is -0.797. The van der Waals surface area contributed by atoms with Crippen molar-refractivity contribution in [3.63, 3.8) is 0 Å². The van der Waals surface area contributed by atoms with Crippen LogP contribution in [0.3, 0.4) is 0 Å². The number of cyclic esters (lactones) is 1. The lowest BCUT2D eigenvalue weighted by Gasteiger charge is -2.28. The molecule has 2 heterocycles. The van der Waals surface area contributed by atoms with Gasteiger partial charge in [-0.2, -0.15) is 0 Å². The van der Waals surface area contributed by atoms with Gasteiger partial charge in [0, 0.05) is 7.05 Å². The maximum Gasteiger partial charge on any atom is 0.418 e. The fraction of sp³-hybridized carbons (Fsp3) is 0.500. The molecule has 8 nitrogen and oxygen atoms in total. The molecule has 3 rings (SSSR count). The average molecular weight is 362 g/mol. The van der Waals surface area contributed by atoms with E-state index in [0.717, 1.165) is 10.5 Å². The summed E-state index contributed by atoms with van der Waals surface area (Å²) in [6, 6.07) is 5.23. The molecule has 0 spiro atoms. The van der Waals surface area contributed by atoms with Crippen LogP contribution in [-0.4, -0.2) is 60.1 Å². The van der Waals surface area contributed by atoms with Gasteiger partial charge in [0.05, 0.1) is 6.04 Å². The molecule has 0 unspecified atom stereocenters. The standard InChI is InChI=1S/C18H22N2O6/c1-11(12-5-6-13-14(9-12)25-8-7-24-13)19(4)15(21)10-20-16(22)18(2,3)26-17(20)23/h5-6,9,11H,7-8,10H2,1-4H3/t11-/m1/s1. The second-order valence-corrected chi connectivity index (χ2v) is 6.85. The van der Waals surface area contributed by atoms with E-state index in [1.165, 1.54) is 18.7 Å². The molecule has 2 aliphatic heterocycles. The van der Waals surface area contributed by atoms with E-state index in [0.29, 0.717) is 24.7 Å². The first-order valence-corrected chi connectivity index (χ1v) is 8.41. The van der Waals surface area contributed by atoms with Crippen LogP contribution in [0.15, 0.2) is 18.2 Å². The van der Waals surface area contributed by atoms with E-state index >= 15 is 0 Å². The number of hydrogen-bond acceptors (Lipinski definition) is 6. The second kappa shape index (κ2) is 6.51. The number of carbonyl (C=O) groups excluding carboxylic acids is 3. The number of benzene rings is 1. The van der Waals surface area contributed by atoms with Gasteiger partial charge in [0.1, 0.15) is 19.8 Å². The SMILES string of the molecule is C[C@H](c1ccc2c(c1)OCCO2)N(C)C(=O)CN1C(=O)OC(C)(C)C1=O. The molecule has 0 aliphatic carbocycles. The quantitative estimate of drug-likeness (QED) is 0.811. The van der Waals surface area contributed by atoms with Crippen molar-refractivity contribution in [2.24, 2.45) is 0 Å². The zero-order valence-corrected chi connectivity index (χ0v) is 15.3. The van der Waals surface area contributed by atoms with Crippen molar-refractivity contribution in [2.45, 2.75) is 32.4 Å². The zero-order valence-electron chi connectivity index (χ0n) is 15.3. The van der Waals surface area contributed by atoms with Gasteiger partial charge in [-0.3, -0.25) is 9.59 Å². The summed E-state index contributed by atoms with van der Waals surface area (Å²) in [7, 11) is 1.63. The Labute approximate surface area is 151 Å². The first kappa shape index (κ1) is 18.0. The van der Waals surface area contributed by atoms with E-state index in [4.69, 9.17) is 14.2 Å². The topological polar surface area (TPSA) is 85.4 Å². The number of imide groups is 1. The number of amides is 3. The van der Waals surface area contributed by atoms with E-state index in [-0.39, 0.29) is 18.5 Å². The van der Waals surface area contributed by atoms with E-state index in [9.17, 15) is 14.4 Å². The van der Waals surface area contributed by atoms with Crippen molar-refractivity contribution in [3.05, 3.63) is 23.8 Å². The lowest BCUT2D eigenvalue weighted by Crippen LogP contribution is -2.43. The van der Waals surface area contributed by atoms with E-state index < -0.39 is 17.6 Å². The predicted octanol–water partition coefficient (Wildman–Crippen LogP) is 1.73. The number of nitrogens with zero attached hydrogens (tertiary/aromatic N) is 2. The van der Waals surface area contributed by atoms with Crippen LogP contribution in [0.25, 0.3) is 0 Å². The van der Waals surface area contributed by atoms with E-state index in [1.54, 1.807) is 7.05 Å². The summed E-state index contributed by atoms with van der Waals surface area (Å²) in [5.41, 5.74) is -0.377. The Bertz CT molecular complexity index is 760. The predicted molar refractivity (Wildman–Crippen MR) is 90.9 cm³/mol. The van der Waals surface area contributed by atoms with Crippen LogP contribution in [0.1, 0.15) is 32.4 Å². The first-order valence-electron chi connectivity index (χ1n) is 8.41. The summed E-state index contributed by atoms with van der Waals surface area (Å²) in [6.45, 7) is 5.49. The maximum atomic E-state index is 12.6. The molecular formula is C18H22N2O6. The van der Waals surface area contributed by atoms with Crippen molar-refractivity contribution in [1.82, 2.24) is 9.80 Å². The molecular weight excluding hydrogens is 340 g/mol. The number of hydrogen-bond donors (Lipinski definition) is 0. The number of carbonyl (C=O) groups is 3. The number of rotatable bonds is 4. The molecule has 1 atom stereocenters. The van der Waals surface area contributed by atoms with Crippen LogP contribution >= 0.6 is 0 Å². The fourth-order valence-corrected chi connectivity index (χ4v) is 2.87. The summed E-state index contributed by atoms with van der Waals surface area (Å²) in [4.78, 5) is 38.9. The van der Waals surface area contributed by atoms with Gasteiger partial charge >= 0.3 is 6.09 Å². The molecule has 0 bridgehead atoms. The lowest BCUT2D eigenvalue weighted by molar-refractivity contribution is -0.140. The fourth-order valence-electron chi connectivity index (χ4n) is 2.87. The molecule has 0 aromatic heterocycles. The van der Waals surface area contributed by atoms with Crippen molar-refractivity contribution in [2.75, 3.05) is 26.8 Å². The van der Waals surface area contributed by atoms with Gasteiger partial charge in [-0.1, -0.05) is 6.07 Å². The number of ether oxygens (including phenoxy) is 3. The minimum absolute atomic E-state index is 0.278.